The van der Waals surface area contributed by atoms with E-state index in [9.17, 15) is 9.90 Å². The van der Waals surface area contributed by atoms with Gasteiger partial charge >= 0.3 is 5.97 Å². The van der Waals surface area contributed by atoms with Crippen molar-refractivity contribution in [1.29, 1.82) is 0 Å². The van der Waals surface area contributed by atoms with Crippen molar-refractivity contribution in [1.82, 2.24) is 0 Å². The van der Waals surface area contributed by atoms with Crippen LogP contribution >= 0.6 is 0 Å². The number of aliphatic carboxylic acids is 1. The molecule has 2 aromatic carbocycles. The maximum atomic E-state index is 12.6. The summed E-state index contributed by atoms with van der Waals surface area (Å²) in [5.41, 5.74) is 4.88. The van der Waals surface area contributed by atoms with Gasteiger partial charge in [-0.15, -0.1) is 0 Å². The molecule has 0 saturated carbocycles. The predicted molar refractivity (Wildman–Crippen MR) is 124 cm³/mol. The highest BCUT2D eigenvalue weighted by Crippen LogP contribution is 2.38. The fourth-order valence-electron chi connectivity index (χ4n) is 4.36. The minimum atomic E-state index is -1.10. The Morgan fingerprint density at radius 3 is 1.38 bits per heavy atom. The molecule has 1 N–H and O–H groups in total. The lowest BCUT2D eigenvalue weighted by Gasteiger charge is -2.31. The van der Waals surface area contributed by atoms with Gasteiger partial charge in [-0.05, 0) is 95.0 Å². The van der Waals surface area contributed by atoms with Crippen LogP contribution < -0.4 is 9.80 Å². The predicted octanol–water partition coefficient (Wildman–Crippen LogP) is 5.39. The summed E-state index contributed by atoms with van der Waals surface area (Å²) in [6, 6.07) is 12.3. The Labute approximate surface area is 176 Å². The first kappa shape index (κ1) is 22.8. The van der Waals surface area contributed by atoms with E-state index < -0.39 is 11.4 Å². The summed E-state index contributed by atoms with van der Waals surface area (Å²) >= 11 is 0. The summed E-state index contributed by atoms with van der Waals surface area (Å²) in [6.45, 7) is 18.1. The number of hydrogen-bond acceptors (Lipinski definition) is 3. The molecule has 0 amide bonds. The molecule has 4 heteroatoms. The quantitative estimate of drug-likeness (QED) is 0.617. The van der Waals surface area contributed by atoms with E-state index in [1.165, 1.54) is 0 Å². The van der Waals surface area contributed by atoms with E-state index in [-0.39, 0.29) is 0 Å². The van der Waals surface area contributed by atoms with E-state index in [0.717, 1.165) is 59.8 Å². The number of nitrogens with zero attached hydrogens (tertiary/aromatic N) is 2. The summed E-state index contributed by atoms with van der Waals surface area (Å²) < 4.78 is 0. The van der Waals surface area contributed by atoms with Gasteiger partial charge in [0.15, 0.2) is 0 Å². The highest BCUT2D eigenvalue weighted by Gasteiger charge is 2.39. The van der Waals surface area contributed by atoms with Gasteiger partial charge < -0.3 is 14.9 Å². The number of aryl methyl sites for hydroxylation is 2. The Balaban J connectivity index is 2.59. The summed E-state index contributed by atoms with van der Waals surface area (Å²) in [4.78, 5) is 17.1. The Kier molecular flexibility index (Phi) is 7.34. The van der Waals surface area contributed by atoms with Crippen molar-refractivity contribution in [2.24, 2.45) is 0 Å². The zero-order chi connectivity index (χ0) is 21.8. The molecule has 0 fully saturated rings. The fraction of sp³-hybridized carbons (Fsp3) is 0.480. The Morgan fingerprint density at radius 2 is 1.14 bits per heavy atom. The SMILES string of the molecule is CCN(CC)c1ccc(C(C)(C(=O)O)c2ccc(N(CC)CC)cc2C)c(C)c1. The van der Waals surface area contributed by atoms with Gasteiger partial charge in [0.2, 0.25) is 0 Å². The molecule has 0 unspecified atom stereocenters. The second-order valence-corrected chi connectivity index (χ2v) is 7.77. The average Bonchev–Trinajstić information content (AvgIpc) is 2.69. The first-order chi connectivity index (χ1) is 13.7. The summed E-state index contributed by atoms with van der Waals surface area (Å²) in [5.74, 6) is -0.824. The Morgan fingerprint density at radius 1 is 0.793 bits per heavy atom. The minimum Gasteiger partial charge on any atom is -0.480 e. The normalized spacial score (nSPS) is 11.4. The third-order valence-electron chi connectivity index (χ3n) is 6.18. The average molecular weight is 397 g/mol. The zero-order valence-corrected chi connectivity index (χ0v) is 19.0. The molecule has 2 aromatic rings. The van der Waals surface area contributed by atoms with Crippen LogP contribution in [0.5, 0.6) is 0 Å². The molecule has 0 aliphatic carbocycles. The molecular weight excluding hydrogens is 360 g/mol. The van der Waals surface area contributed by atoms with Gasteiger partial charge in [-0.1, -0.05) is 12.1 Å². The maximum absolute atomic E-state index is 12.6. The van der Waals surface area contributed by atoms with Crippen molar-refractivity contribution in [2.45, 2.75) is 53.9 Å². The van der Waals surface area contributed by atoms with Gasteiger partial charge in [0.25, 0.3) is 0 Å². The van der Waals surface area contributed by atoms with Gasteiger partial charge in [0.05, 0.1) is 0 Å². The van der Waals surface area contributed by atoms with Crippen LogP contribution in [0.3, 0.4) is 0 Å². The molecule has 0 aromatic heterocycles. The van der Waals surface area contributed by atoms with Crippen molar-refractivity contribution < 1.29 is 9.90 Å². The van der Waals surface area contributed by atoms with Crippen LogP contribution in [0.4, 0.5) is 11.4 Å². The van der Waals surface area contributed by atoms with E-state index >= 15 is 0 Å². The van der Waals surface area contributed by atoms with E-state index in [4.69, 9.17) is 0 Å². The topological polar surface area (TPSA) is 43.8 Å². The van der Waals surface area contributed by atoms with E-state index in [0.29, 0.717) is 0 Å². The Hall–Kier alpha value is -2.49. The molecule has 0 aliphatic heterocycles. The third-order valence-corrected chi connectivity index (χ3v) is 6.18. The number of rotatable bonds is 9. The molecule has 0 spiro atoms. The molecule has 29 heavy (non-hydrogen) atoms. The number of carboxylic acid groups (broad SMARTS) is 1. The van der Waals surface area contributed by atoms with Gasteiger partial charge in [0.1, 0.15) is 5.41 Å². The molecule has 158 valence electrons. The minimum absolute atomic E-state index is 0.824. The molecule has 0 radical (unpaired) electrons. The standard InChI is InChI=1S/C25H36N2O2/c1-8-26(9-2)20-12-14-22(18(5)16-20)25(7,24(28)29)23-15-13-21(17-19(23)6)27(10-3)11-4/h12-17H,8-11H2,1-7H3,(H,28,29). The van der Waals surface area contributed by atoms with Crippen LogP contribution in [0.15, 0.2) is 36.4 Å². The lowest BCUT2D eigenvalue weighted by atomic mass is 9.73. The van der Waals surface area contributed by atoms with Crippen LogP contribution in [0, 0.1) is 13.8 Å². The largest absolute Gasteiger partial charge is 0.480 e. The lowest BCUT2D eigenvalue weighted by Crippen LogP contribution is -2.35. The third kappa shape index (κ3) is 4.26. The number of benzene rings is 2. The summed E-state index contributed by atoms with van der Waals surface area (Å²) in [5, 5.41) is 10.3. The molecule has 0 saturated heterocycles. The van der Waals surface area contributed by atoms with E-state index in [1.54, 1.807) is 0 Å². The molecule has 4 nitrogen and oxygen atoms in total. The molecule has 0 heterocycles. The zero-order valence-electron chi connectivity index (χ0n) is 19.0. The van der Waals surface area contributed by atoms with Crippen molar-refractivity contribution in [3.8, 4) is 0 Å². The van der Waals surface area contributed by atoms with Crippen LogP contribution in [0.1, 0.15) is 56.9 Å². The number of carbonyl (C=O) groups is 1. The van der Waals surface area contributed by atoms with Crippen LogP contribution in [0.25, 0.3) is 0 Å². The van der Waals surface area contributed by atoms with Crippen LogP contribution in [-0.4, -0.2) is 37.3 Å². The first-order valence-electron chi connectivity index (χ1n) is 10.7. The van der Waals surface area contributed by atoms with Crippen molar-refractivity contribution in [3.05, 3.63) is 58.7 Å². The van der Waals surface area contributed by atoms with Gasteiger partial charge in [-0.3, -0.25) is 4.79 Å². The second-order valence-electron chi connectivity index (χ2n) is 7.77. The molecule has 0 atom stereocenters. The Bertz CT molecular complexity index is 790. The molecule has 0 bridgehead atoms. The van der Waals surface area contributed by atoms with Crippen molar-refractivity contribution >= 4 is 17.3 Å². The van der Waals surface area contributed by atoms with Gasteiger partial charge in [-0.2, -0.15) is 0 Å². The number of hydrogen-bond donors (Lipinski definition) is 1. The van der Waals surface area contributed by atoms with Gasteiger partial charge in [-0.25, -0.2) is 0 Å². The summed E-state index contributed by atoms with van der Waals surface area (Å²) in [6.07, 6.45) is 0. The monoisotopic (exact) mass is 396 g/mol. The van der Waals surface area contributed by atoms with Crippen LogP contribution in [-0.2, 0) is 10.2 Å². The van der Waals surface area contributed by atoms with Crippen LogP contribution in [0.2, 0.25) is 0 Å². The van der Waals surface area contributed by atoms with Crippen molar-refractivity contribution in [2.75, 3.05) is 36.0 Å². The maximum Gasteiger partial charge on any atom is 0.318 e. The van der Waals surface area contributed by atoms with E-state index in [1.807, 2.05) is 32.9 Å². The second kappa shape index (κ2) is 9.34. The molecule has 0 aliphatic rings. The summed E-state index contributed by atoms with van der Waals surface area (Å²) in [7, 11) is 0. The highest BCUT2D eigenvalue weighted by atomic mass is 16.4. The van der Waals surface area contributed by atoms with Gasteiger partial charge in [0, 0.05) is 37.6 Å². The fourth-order valence-corrected chi connectivity index (χ4v) is 4.36. The number of carboxylic acids is 1. The lowest BCUT2D eigenvalue weighted by molar-refractivity contribution is -0.141. The smallest absolute Gasteiger partial charge is 0.318 e. The van der Waals surface area contributed by atoms with E-state index in [2.05, 4.69) is 61.8 Å². The molecule has 2 rings (SSSR count). The first-order valence-corrected chi connectivity index (χ1v) is 10.7. The molecular formula is C25H36N2O2. The van der Waals surface area contributed by atoms with Crippen molar-refractivity contribution in [3.63, 3.8) is 0 Å². The highest BCUT2D eigenvalue weighted by molar-refractivity contribution is 5.87. The number of anilines is 2.